The van der Waals surface area contributed by atoms with Crippen LogP contribution < -0.4 is 15.5 Å². The van der Waals surface area contributed by atoms with Crippen LogP contribution in [0.5, 0.6) is 0 Å². The molecule has 0 spiro atoms. The average molecular weight is 421 g/mol. The number of phosphoric acid groups is 1. The van der Waals surface area contributed by atoms with Gasteiger partial charge >= 0.3 is 0 Å². The number of amides is 2. The maximum atomic E-state index is 11.8. The highest BCUT2D eigenvalue weighted by molar-refractivity contribution is 8.00. The van der Waals surface area contributed by atoms with E-state index in [9.17, 15) is 19.0 Å². The van der Waals surface area contributed by atoms with Crippen molar-refractivity contribution < 1.29 is 28.5 Å². The second-order valence-electron chi connectivity index (χ2n) is 7.24. The molecule has 8 nitrogen and oxygen atoms in total. The number of carbonyl (C=O) groups excluding carboxylic acids is 2. The standard InChI is InChI=1S/C17H31N2O6PS/c20-15(18-9-5-1-2-6-10-25-26(22,23)24)8-4-3-7-14-17-13(12-27-14)11-16(21)19-17/h13-14,17H,1-12H2,(H,18,20)(H,19,21)(H2,22,23,24)/p-1. The highest BCUT2D eigenvalue weighted by Gasteiger charge is 2.42. The normalized spacial score (nSPS) is 26.4. The minimum atomic E-state index is -4.60. The number of unbranched alkanes of at least 4 members (excludes halogenated alkanes) is 4. The van der Waals surface area contributed by atoms with Gasteiger partial charge in [-0.1, -0.05) is 19.3 Å². The number of carbonyl (C=O) groups is 2. The molecule has 2 aliphatic rings. The molecule has 0 aromatic rings. The number of fused-ring (bicyclic) bond motifs is 1. The van der Waals surface area contributed by atoms with Crippen LogP contribution in [0.4, 0.5) is 0 Å². The van der Waals surface area contributed by atoms with Crippen molar-refractivity contribution in [1.29, 1.82) is 0 Å². The Labute approximate surface area is 164 Å². The first-order chi connectivity index (χ1) is 12.8. The summed E-state index contributed by atoms with van der Waals surface area (Å²) in [7, 11) is -4.60. The molecule has 27 heavy (non-hydrogen) atoms. The summed E-state index contributed by atoms with van der Waals surface area (Å²) in [4.78, 5) is 42.1. The van der Waals surface area contributed by atoms with E-state index in [0.717, 1.165) is 44.3 Å². The maximum Gasteiger partial charge on any atom is 0.265 e. The van der Waals surface area contributed by atoms with E-state index < -0.39 is 7.82 Å². The Morgan fingerprint density at radius 1 is 1.30 bits per heavy atom. The number of thioether (sulfide) groups is 1. The predicted octanol–water partition coefficient (Wildman–Crippen LogP) is 1.32. The molecule has 0 radical (unpaired) electrons. The molecule has 2 heterocycles. The lowest BCUT2D eigenvalue weighted by Crippen LogP contribution is -2.34. The molecule has 2 saturated heterocycles. The van der Waals surface area contributed by atoms with E-state index in [-0.39, 0.29) is 18.4 Å². The van der Waals surface area contributed by atoms with Gasteiger partial charge in [0.15, 0.2) is 0 Å². The lowest BCUT2D eigenvalue weighted by molar-refractivity contribution is -0.219. The largest absolute Gasteiger partial charge is 0.756 e. The van der Waals surface area contributed by atoms with Gasteiger partial charge in [0.05, 0.1) is 6.61 Å². The van der Waals surface area contributed by atoms with E-state index in [2.05, 4.69) is 15.2 Å². The Balaban J connectivity index is 1.40. The molecule has 2 rings (SSSR count). The van der Waals surface area contributed by atoms with E-state index in [1.807, 2.05) is 11.8 Å². The van der Waals surface area contributed by atoms with Gasteiger partial charge in [0.2, 0.25) is 11.8 Å². The summed E-state index contributed by atoms with van der Waals surface area (Å²) in [6.07, 6.45) is 7.15. The third-order valence-electron chi connectivity index (χ3n) is 5.00. The van der Waals surface area contributed by atoms with Crippen LogP contribution in [0.25, 0.3) is 0 Å². The van der Waals surface area contributed by atoms with Crippen LogP contribution in [0.15, 0.2) is 0 Å². The monoisotopic (exact) mass is 421 g/mol. The Morgan fingerprint density at radius 2 is 2.07 bits per heavy atom. The van der Waals surface area contributed by atoms with Crippen LogP contribution in [-0.4, -0.2) is 46.9 Å². The van der Waals surface area contributed by atoms with Crippen LogP contribution in [0, 0.1) is 5.92 Å². The average Bonchev–Trinajstić information content (AvgIpc) is 3.12. The van der Waals surface area contributed by atoms with Crippen LogP contribution in [0.3, 0.4) is 0 Å². The molecule has 10 heteroatoms. The van der Waals surface area contributed by atoms with Crippen LogP contribution in [0.1, 0.15) is 57.8 Å². The van der Waals surface area contributed by atoms with Crippen LogP contribution in [0.2, 0.25) is 0 Å². The molecule has 0 aromatic carbocycles. The summed E-state index contributed by atoms with van der Waals surface area (Å²) in [5.41, 5.74) is 0. The van der Waals surface area contributed by atoms with Gasteiger partial charge in [0, 0.05) is 30.7 Å². The quantitative estimate of drug-likeness (QED) is 0.302. The van der Waals surface area contributed by atoms with Gasteiger partial charge in [-0.3, -0.25) is 14.2 Å². The zero-order chi connectivity index (χ0) is 19.7. The molecule has 3 N–H and O–H groups in total. The molecule has 2 aliphatic heterocycles. The van der Waals surface area contributed by atoms with E-state index in [4.69, 9.17) is 4.89 Å². The summed E-state index contributed by atoms with van der Waals surface area (Å²) in [6.45, 7) is 0.613. The lowest BCUT2D eigenvalue weighted by atomic mass is 9.97. The Morgan fingerprint density at radius 3 is 2.85 bits per heavy atom. The molecular weight excluding hydrogens is 391 g/mol. The molecule has 0 bridgehead atoms. The molecule has 156 valence electrons. The van der Waals surface area contributed by atoms with Gasteiger partial charge in [-0.05, 0) is 37.4 Å². The summed E-state index contributed by atoms with van der Waals surface area (Å²) < 4.78 is 14.6. The molecular formula is C17H30N2O6PS-. The second kappa shape index (κ2) is 11.4. The van der Waals surface area contributed by atoms with Crippen molar-refractivity contribution in [2.75, 3.05) is 18.9 Å². The number of rotatable bonds is 13. The van der Waals surface area contributed by atoms with Crippen molar-refractivity contribution in [3.63, 3.8) is 0 Å². The van der Waals surface area contributed by atoms with Crippen molar-refractivity contribution in [3.8, 4) is 0 Å². The second-order valence-corrected chi connectivity index (χ2v) is 9.71. The lowest BCUT2D eigenvalue weighted by Gasteiger charge is -2.17. The number of nitrogens with one attached hydrogen (secondary N) is 2. The fourth-order valence-corrected chi connectivity index (χ4v) is 5.62. The topological polar surface area (TPSA) is 128 Å². The predicted molar refractivity (Wildman–Crippen MR) is 102 cm³/mol. The third-order valence-corrected chi connectivity index (χ3v) is 7.08. The van der Waals surface area contributed by atoms with E-state index in [0.29, 0.717) is 43.0 Å². The van der Waals surface area contributed by atoms with Crippen LogP contribution in [-0.2, 0) is 18.7 Å². The number of hydrogen-bond donors (Lipinski definition) is 3. The number of hydrogen-bond acceptors (Lipinski definition) is 6. The molecule has 4 atom stereocenters. The first kappa shape index (κ1) is 22.7. The molecule has 4 unspecified atom stereocenters. The highest BCUT2D eigenvalue weighted by atomic mass is 32.2. The molecule has 0 aliphatic carbocycles. The minimum Gasteiger partial charge on any atom is -0.756 e. The van der Waals surface area contributed by atoms with Gasteiger partial charge in [0.25, 0.3) is 7.82 Å². The van der Waals surface area contributed by atoms with Crippen molar-refractivity contribution in [1.82, 2.24) is 10.6 Å². The van der Waals surface area contributed by atoms with Gasteiger partial charge in [-0.15, -0.1) is 0 Å². The van der Waals surface area contributed by atoms with E-state index in [1.54, 1.807) is 0 Å². The molecule has 2 fully saturated rings. The smallest absolute Gasteiger partial charge is 0.265 e. The van der Waals surface area contributed by atoms with Gasteiger partial charge in [0.1, 0.15) is 0 Å². The maximum absolute atomic E-state index is 11.8. The fourth-order valence-electron chi connectivity index (χ4n) is 3.61. The van der Waals surface area contributed by atoms with Gasteiger partial charge in [-0.2, -0.15) is 11.8 Å². The Kier molecular flexibility index (Phi) is 9.59. The van der Waals surface area contributed by atoms with Crippen molar-refractivity contribution in [3.05, 3.63) is 0 Å². The van der Waals surface area contributed by atoms with Crippen molar-refractivity contribution in [2.24, 2.45) is 5.92 Å². The summed E-state index contributed by atoms with van der Waals surface area (Å²) in [6, 6.07) is 0.333. The molecule has 0 saturated carbocycles. The SMILES string of the molecule is O=C(CCCCC1SCC2CC(=O)NC21)NCCCCCCOP(=O)([O-])O. The molecule has 2 amide bonds. The number of phosphoric ester groups is 1. The zero-order valence-corrected chi connectivity index (χ0v) is 17.3. The first-order valence-electron chi connectivity index (χ1n) is 9.71. The molecule has 0 aromatic heterocycles. The highest BCUT2D eigenvalue weighted by Crippen LogP contribution is 2.39. The van der Waals surface area contributed by atoms with Gasteiger partial charge < -0.3 is 24.9 Å². The van der Waals surface area contributed by atoms with E-state index >= 15 is 0 Å². The Bertz CT molecular complexity index is 544. The van der Waals surface area contributed by atoms with E-state index in [1.165, 1.54) is 0 Å². The third kappa shape index (κ3) is 8.96. The summed E-state index contributed by atoms with van der Waals surface area (Å²) >= 11 is 1.95. The first-order valence-corrected chi connectivity index (χ1v) is 12.3. The summed E-state index contributed by atoms with van der Waals surface area (Å²) in [5, 5.41) is 6.48. The minimum absolute atomic E-state index is 0.00575. The van der Waals surface area contributed by atoms with Gasteiger partial charge in [-0.25, -0.2) is 0 Å². The summed E-state index contributed by atoms with van der Waals surface area (Å²) in [5.74, 6) is 1.81. The Hall–Kier alpha value is -0.600. The van der Waals surface area contributed by atoms with Crippen molar-refractivity contribution in [2.45, 2.75) is 69.1 Å². The fraction of sp³-hybridized carbons (Fsp3) is 0.882. The van der Waals surface area contributed by atoms with Crippen molar-refractivity contribution >= 4 is 31.4 Å². The zero-order valence-electron chi connectivity index (χ0n) is 15.6. The van der Waals surface area contributed by atoms with Crippen LogP contribution >= 0.6 is 19.6 Å².